The van der Waals surface area contributed by atoms with Crippen molar-refractivity contribution in [2.75, 3.05) is 38.3 Å². The van der Waals surface area contributed by atoms with Crippen molar-refractivity contribution in [3.05, 3.63) is 18.0 Å². The zero-order valence-electron chi connectivity index (χ0n) is 16.2. The molecule has 0 spiro atoms. The number of likely N-dealkylation sites (N-methyl/N-ethyl adjacent to an activating group) is 1. The molecule has 8 heteroatoms. The van der Waals surface area contributed by atoms with Gasteiger partial charge in [-0.25, -0.2) is 0 Å². The summed E-state index contributed by atoms with van der Waals surface area (Å²) in [5.74, 6) is -0.0609. The molecule has 2 fully saturated rings. The van der Waals surface area contributed by atoms with Crippen LogP contribution in [-0.2, 0) is 4.74 Å². The Morgan fingerprint density at radius 2 is 2.26 bits per heavy atom. The molecule has 2 atom stereocenters. The van der Waals surface area contributed by atoms with Gasteiger partial charge in [0.2, 0.25) is 0 Å². The molecule has 0 saturated carbocycles. The van der Waals surface area contributed by atoms with E-state index >= 15 is 0 Å². The predicted molar refractivity (Wildman–Crippen MR) is 104 cm³/mol. The molecule has 0 aliphatic carbocycles. The van der Waals surface area contributed by atoms with E-state index in [0.717, 1.165) is 50.2 Å². The average Bonchev–Trinajstić information content (AvgIpc) is 3.09. The maximum atomic E-state index is 12.0. The Kier molecular flexibility index (Phi) is 4.55. The second kappa shape index (κ2) is 6.76. The first-order valence-electron chi connectivity index (χ1n) is 9.66. The Morgan fingerprint density at radius 1 is 1.48 bits per heavy atom. The summed E-state index contributed by atoms with van der Waals surface area (Å²) in [6.45, 7) is 8.14. The number of primary amides is 1. The van der Waals surface area contributed by atoms with E-state index in [2.05, 4.69) is 38.8 Å². The quantitative estimate of drug-likeness (QED) is 0.822. The van der Waals surface area contributed by atoms with Crippen LogP contribution in [0.4, 0.5) is 5.69 Å². The lowest BCUT2D eigenvalue weighted by atomic mass is 9.84. The molecule has 4 heterocycles. The highest BCUT2D eigenvalue weighted by Crippen LogP contribution is 2.36. The zero-order valence-corrected chi connectivity index (χ0v) is 16.2. The fourth-order valence-corrected chi connectivity index (χ4v) is 4.53. The summed E-state index contributed by atoms with van der Waals surface area (Å²) in [6, 6.07) is 2.18. The summed E-state index contributed by atoms with van der Waals surface area (Å²) >= 11 is 0. The van der Waals surface area contributed by atoms with Crippen LogP contribution >= 0.6 is 0 Å². The van der Waals surface area contributed by atoms with Gasteiger partial charge in [-0.15, -0.1) is 10.2 Å². The van der Waals surface area contributed by atoms with Gasteiger partial charge in [0.1, 0.15) is 0 Å². The number of H-pyrrole nitrogens is 1. The molecule has 4 rings (SSSR count). The number of hydrogen-bond acceptors (Lipinski definition) is 6. The molecule has 1 amide bonds. The van der Waals surface area contributed by atoms with Crippen molar-refractivity contribution in [3.63, 3.8) is 0 Å². The molecule has 3 N–H and O–H groups in total. The number of piperidine rings is 1. The Bertz CT molecular complexity index is 840. The number of amides is 1. The number of rotatable bonds is 5. The third-order valence-electron chi connectivity index (χ3n) is 6.53. The highest BCUT2D eigenvalue weighted by atomic mass is 16.5. The van der Waals surface area contributed by atoms with Crippen LogP contribution in [0.1, 0.15) is 37.2 Å². The van der Waals surface area contributed by atoms with E-state index in [-0.39, 0.29) is 17.3 Å². The molecule has 0 bridgehead atoms. The molecule has 0 aromatic carbocycles. The number of fused-ring (bicyclic) bond motifs is 1. The zero-order chi connectivity index (χ0) is 19.2. The van der Waals surface area contributed by atoms with E-state index in [1.54, 1.807) is 0 Å². The van der Waals surface area contributed by atoms with E-state index in [1.165, 1.54) is 0 Å². The Hall–Kier alpha value is -2.19. The first kappa shape index (κ1) is 18.2. The minimum absolute atomic E-state index is 0.158. The molecule has 2 aromatic heterocycles. The lowest BCUT2D eigenvalue weighted by molar-refractivity contribution is -0.151. The fraction of sp³-hybridized carbons (Fsp3) is 0.632. The molecular weight excluding hydrogens is 344 g/mol. The number of ether oxygens (including phenoxy) is 1. The molecule has 2 saturated heterocycles. The number of hydrogen-bond donors (Lipinski definition) is 2. The minimum atomic E-state index is -0.551. The molecule has 0 radical (unpaired) electrons. The van der Waals surface area contributed by atoms with Gasteiger partial charge in [0.05, 0.1) is 24.4 Å². The highest BCUT2D eigenvalue weighted by molar-refractivity contribution is 6.04. The van der Waals surface area contributed by atoms with Crippen molar-refractivity contribution in [2.45, 2.75) is 38.3 Å². The number of carbonyl (C=O) groups is 1. The monoisotopic (exact) mass is 372 g/mol. The van der Waals surface area contributed by atoms with Gasteiger partial charge in [0, 0.05) is 31.2 Å². The summed E-state index contributed by atoms with van der Waals surface area (Å²) in [7, 11) is 2.04. The van der Waals surface area contributed by atoms with Crippen LogP contribution in [0.3, 0.4) is 0 Å². The SMILES string of the molecule is CCC1(N2CCC(C)C(N(C)c3c(C(N)=O)nnc4[nH]ccc34)C2)COC1. The van der Waals surface area contributed by atoms with Crippen LogP contribution in [-0.4, -0.2) is 70.9 Å². The normalized spacial score (nSPS) is 25.3. The molecule has 2 aliphatic heterocycles. The lowest BCUT2D eigenvalue weighted by Gasteiger charge is -2.54. The van der Waals surface area contributed by atoms with Gasteiger partial charge < -0.3 is 20.4 Å². The average molecular weight is 372 g/mol. The van der Waals surface area contributed by atoms with E-state index in [0.29, 0.717) is 11.6 Å². The van der Waals surface area contributed by atoms with Crippen LogP contribution in [0, 0.1) is 5.92 Å². The van der Waals surface area contributed by atoms with E-state index in [9.17, 15) is 4.79 Å². The number of anilines is 1. The third-order valence-corrected chi connectivity index (χ3v) is 6.53. The third kappa shape index (κ3) is 2.87. The van der Waals surface area contributed by atoms with Gasteiger partial charge in [-0.1, -0.05) is 13.8 Å². The number of nitrogens with one attached hydrogen (secondary N) is 1. The van der Waals surface area contributed by atoms with E-state index in [4.69, 9.17) is 10.5 Å². The summed E-state index contributed by atoms with van der Waals surface area (Å²) in [6.07, 6.45) is 4.01. The van der Waals surface area contributed by atoms with Crippen LogP contribution in [0.5, 0.6) is 0 Å². The number of aromatic amines is 1. The van der Waals surface area contributed by atoms with Gasteiger partial charge in [0.25, 0.3) is 5.91 Å². The molecule has 2 aliphatic rings. The maximum Gasteiger partial charge on any atom is 0.271 e. The van der Waals surface area contributed by atoms with Gasteiger partial charge >= 0.3 is 0 Å². The second-order valence-electron chi connectivity index (χ2n) is 7.96. The molecular formula is C19H28N6O2. The van der Waals surface area contributed by atoms with Gasteiger partial charge in [-0.05, 0) is 31.4 Å². The van der Waals surface area contributed by atoms with Crippen LogP contribution < -0.4 is 10.6 Å². The Balaban J connectivity index is 1.70. The van der Waals surface area contributed by atoms with Gasteiger partial charge in [-0.3, -0.25) is 9.69 Å². The van der Waals surface area contributed by atoms with Crippen LogP contribution in [0.25, 0.3) is 11.0 Å². The minimum Gasteiger partial charge on any atom is -0.377 e. The molecule has 146 valence electrons. The number of nitrogens with two attached hydrogens (primary N) is 1. The van der Waals surface area contributed by atoms with Crippen molar-refractivity contribution < 1.29 is 9.53 Å². The first-order chi connectivity index (χ1) is 13.0. The van der Waals surface area contributed by atoms with Crippen LogP contribution in [0.2, 0.25) is 0 Å². The smallest absolute Gasteiger partial charge is 0.271 e. The van der Waals surface area contributed by atoms with Crippen molar-refractivity contribution >= 4 is 22.6 Å². The van der Waals surface area contributed by atoms with Crippen molar-refractivity contribution in [1.29, 1.82) is 0 Å². The lowest BCUT2D eigenvalue weighted by Crippen LogP contribution is -2.66. The molecule has 8 nitrogen and oxygen atoms in total. The topological polar surface area (TPSA) is 100 Å². The maximum absolute atomic E-state index is 12.0. The highest BCUT2D eigenvalue weighted by Gasteiger charge is 2.46. The summed E-state index contributed by atoms with van der Waals surface area (Å²) in [5, 5.41) is 9.08. The number of aromatic nitrogens is 3. The van der Waals surface area contributed by atoms with Gasteiger partial charge in [-0.2, -0.15) is 0 Å². The predicted octanol–water partition coefficient (Wildman–Crippen LogP) is 1.38. The Labute approximate surface area is 159 Å². The number of likely N-dealkylation sites (tertiary alicyclic amines) is 1. The van der Waals surface area contributed by atoms with Crippen LogP contribution in [0.15, 0.2) is 12.3 Å². The fourth-order valence-electron chi connectivity index (χ4n) is 4.53. The largest absolute Gasteiger partial charge is 0.377 e. The Morgan fingerprint density at radius 3 is 2.89 bits per heavy atom. The van der Waals surface area contributed by atoms with E-state index in [1.807, 2.05) is 19.3 Å². The standard InChI is InChI=1S/C19H28N6O2/c1-4-19(10-27-11-19)25-8-6-12(2)14(9-25)24(3)16-13-5-7-21-18(13)23-22-15(16)17(20)26/h5,7,12,14H,4,6,8-11H2,1-3H3,(H2,20,26)(H,21,23). The number of nitrogens with zero attached hydrogens (tertiary/aromatic N) is 4. The molecule has 27 heavy (non-hydrogen) atoms. The van der Waals surface area contributed by atoms with Crippen molar-refractivity contribution in [2.24, 2.45) is 11.7 Å². The van der Waals surface area contributed by atoms with E-state index < -0.39 is 5.91 Å². The second-order valence-corrected chi connectivity index (χ2v) is 7.96. The summed E-state index contributed by atoms with van der Waals surface area (Å²) < 4.78 is 5.55. The van der Waals surface area contributed by atoms with Crippen molar-refractivity contribution in [3.8, 4) is 0 Å². The summed E-state index contributed by atoms with van der Waals surface area (Å²) in [5.41, 5.74) is 7.44. The molecule has 2 aromatic rings. The summed E-state index contributed by atoms with van der Waals surface area (Å²) in [4.78, 5) is 19.9. The van der Waals surface area contributed by atoms with Crippen molar-refractivity contribution in [1.82, 2.24) is 20.1 Å². The van der Waals surface area contributed by atoms with Gasteiger partial charge in [0.15, 0.2) is 11.3 Å². The number of carbonyl (C=O) groups excluding carboxylic acids is 1. The first-order valence-corrected chi connectivity index (χ1v) is 9.66. The molecule has 2 unspecified atom stereocenters.